The highest BCUT2D eigenvalue weighted by Gasteiger charge is 2.44. The normalized spacial score (nSPS) is 13.0. The van der Waals surface area contributed by atoms with Gasteiger partial charge in [0.25, 0.3) is 0 Å². The third kappa shape index (κ3) is 4.18. The minimum Gasteiger partial charge on any atom is -0.455 e. The largest absolute Gasteiger partial charge is 0.455 e. The summed E-state index contributed by atoms with van der Waals surface area (Å²) in [7, 11) is 0. The van der Waals surface area contributed by atoms with E-state index in [2.05, 4.69) is 80.6 Å². The quantitative estimate of drug-likeness (QED) is 0.208. The first-order valence-electron chi connectivity index (χ1n) is 14.9. The molecule has 0 atom stereocenters. The van der Waals surface area contributed by atoms with Crippen molar-refractivity contribution in [3.63, 3.8) is 0 Å². The zero-order valence-electron chi connectivity index (χ0n) is 24.5. The van der Waals surface area contributed by atoms with E-state index in [0.717, 1.165) is 50.5 Å². The smallest absolute Gasteiger partial charge is 0.164 e. The van der Waals surface area contributed by atoms with Crippen LogP contribution in [-0.2, 0) is 5.41 Å². The van der Waals surface area contributed by atoms with Crippen LogP contribution in [0.4, 0.5) is 0 Å². The first kappa shape index (κ1) is 26.1. The van der Waals surface area contributed by atoms with E-state index in [1.54, 1.807) is 0 Å². The van der Waals surface area contributed by atoms with E-state index in [4.69, 9.17) is 19.4 Å². The molecule has 2 aromatic heterocycles. The summed E-state index contributed by atoms with van der Waals surface area (Å²) < 4.78 is 6.88. The Balaban J connectivity index is 1.43. The Morgan fingerprint density at radius 3 is 1.41 bits per heavy atom. The van der Waals surface area contributed by atoms with Gasteiger partial charge >= 0.3 is 0 Å². The molecule has 0 bridgehead atoms. The van der Waals surface area contributed by atoms with Gasteiger partial charge in [-0.05, 0) is 5.56 Å². The predicted molar refractivity (Wildman–Crippen MR) is 177 cm³/mol. The van der Waals surface area contributed by atoms with Gasteiger partial charge in [0, 0.05) is 49.9 Å². The number of benzene rings is 5. The number of hydrogen-bond donors (Lipinski definition) is 0. The van der Waals surface area contributed by atoms with Crippen molar-refractivity contribution in [1.29, 1.82) is 0 Å². The molecule has 8 rings (SSSR count). The van der Waals surface area contributed by atoms with Gasteiger partial charge in [-0.15, -0.1) is 0 Å². The fourth-order valence-corrected chi connectivity index (χ4v) is 6.44. The molecule has 0 N–H and O–H groups in total. The number of rotatable bonds is 5. The van der Waals surface area contributed by atoms with Crippen molar-refractivity contribution in [2.45, 2.75) is 19.3 Å². The molecular weight excluding hydrogens is 538 g/mol. The maximum atomic E-state index is 6.88. The molecule has 1 aliphatic carbocycles. The molecule has 0 radical (unpaired) electrons. The maximum absolute atomic E-state index is 6.88. The van der Waals surface area contributed by atoms with E-state index in [1.807, 2.05) is 72.8 Å². The highest BCUT2D eigenvalue weighted by Crippen LogP contribution is 2.59. The van der Waals surface area contributed by atoms with Gasteiger partial charge in [0.1, 0.15) is 11.5 Å². The second-order valence-corrected chi connectivity index (χ2v) is 11.6. The summed E-state index contributed by atoms with van der Waals surface area (Å²) in [6.07, 6.45) is 0. The molecule has 4 nitrogen and oxygen atoms in total. The van der Waals surface area contributed by atoms with Gasteiger partial charge in [0.2, 0.25) is 0 Å². The minimum absolute atomic E-state index is 0.320. The van der Waals surface area contributed by atoms with E-state index >= 15 is 0 Å². The Hall–Kier alpha value is -5.61. The molecule has 0 fully saturated rings. The van der Waals surface area contributed by atoms with Crippen molar-refractivity contribution in [2.24, 2.45) is 0 Å². The summed E-state index contributed by atoms with van der Waals surface area (Å²) in [5.74, 6) is 3.69. The van der Waals surface area contributed by atoms with Crippen LogP contribution in [0.5, 0.6) is 0 Å². The maximum Gasteiger partial charge on any atom is 0.164 e. The molecule has 2 heterocycles. The molecule has 4 heteroatoms. The molecule has 0 unspecified atom stereocenters. The van der Waals surface area contributed by atoms with Gasteiger partial charge in [0.05, 0.1) is 0 Å². The fourth-order valence-electron chi connectivity index (χ4n) is 6.44. The average molecular weight is 568 g/mol. The molecule has 44 heavy (non-hydrogen) atoms. The molecule has 5 aromatic carbocycles. The molecule has 0 saturated heterocycles. The van der Waals surface area contributed by atoms with Crippen LogP contribution < -0.4 is 0 Å². The second kappa shape index (κ2) is 10.3. The Labute approximate surface area is 256 Å². The topological polar surface area (TPSA) is 51.8 Å². The Morgan fingerprint density at radius 1 is 0.432 bits per heavy atom. The SMILES string of the molecule is CC1(C)c2cccc(-c3nc(-c4ccccc4)nc(-c4ccccc4)n3)c2-c2c(-c3ccccc3)oc(-c3ccccc3)c21. The minimum atomic E-state index is -0.320. The van der Waals surface area contributed by atoms with Gasteiger partial charge in [-0.25, -0.2) is 15.0 Å². The molecule has 1 aliphatic rings. The van der Waals surface area contributed by atoms with E-state index in [0.29, 0.717) is 17.5 Å². The molecule has 0 amide bonds. The molecule has 7 aromatic rings. The second-order valence-electron chi connectivity index (χ2n) is 11.6. The standard InChI is InChI=1S/C40H29N3O/c1-40(2)31-25-15-24-30(39-42-37(28-20-11-5-12-21-28)41-38(43-39)29-22-13-6-14-23-29)32(31)33-34(40)36(27-18-9-4-10-19-27)44-35(33)26-16-7-3-8-17-26/h3-25H,1-2H3. The summed E-state index contributed by atoms with van der Waals surface area (Å²) in [4.78, 5) is 15.2. The summed E-state index contributed by atoms with van der Waals surface area (Å²) in [6.45, 7) is 4.58. The molecule has 210 valence electrons. The van der Waals surface area contributed by atoms with E-state index in [9.17, 15) is 0 Å². The molecule has 0 spiro atoms. The molecule has 0 saturated carbocycles. The molecule has 0 aliphatic heterocycles. The van der Waals surface area contributed by atoms with Crippen LogP contribution in [0.1, 0.15) is 25.0 Å². The van der Waals surface area contributed by atoms with Crippen LogP contribution in [-0.4, -0.2) is 15.0 Å². The van der Waals surface area contributed by atoms with Gasteiger partial charge in [0.15, 0.2) is 17.5 Å². The summed E-state index contributed by atoms with van der Waals surface area (Å²) in [6, 6.07) is 47.5. The van der Waals surface area contributed by atoms with Crippen LogP contribution in [0.3, 0.4) is 0 Å². The summed E-state index contributed by atoms with van der Waals surface area (Å²) in [5, 5.41) is 0. The van der Waals surface area contributed by atoms with Crippen molar-refractivity contribution in [3.8, 4) is 67.9 Å². The lowest BCUT2D eigenvalue weighted by Crippen LogP contribution is -2.15. The van der Waals surface area contributed by atoms with Crippen molar-refractivity contribution in [3.05, 3.63) is 151 Å². The zero-order chi connectivity index (χ0) is 29.7. The Bertz CT molecular complexity index is 2060. The van der Waals surface area contributed by atoms with Crippen LogP contribution >= 0.6 is 0 Å². The number of hydrogen-bond acceptors (Lipinski definition) is 4. The van der Waals surface area contributed by atoms with E-state index < -0.39 is 0 Å². The van der Waals surface area contributed by atoms with Crippen LogP contribution in [0.2, 0.25) is 0 Å². The van der Waals surface area contributed by atoms with E-state index in [-0.39, 0.29) is 5.41 Å². The molecular formula is C40H29N3O. The first-order chi connectivity index (χ1) is 21.6. The lowest BCUT2D eigenvalue weighted by molar-refractivity contribution is 0.575. The van der Waals surface area contributed by atoms with Gasteiger partial charge in [-0.2, -0.15) is 0 Å². The Morgan fingerprint density at radius 2 is 0.886 bits per heavy atom. The number of fused-ring (bicyclic) bond motifs is 3. The highest BCUT2D eigenvalue weighted by atomic mass is 16.3. The van der Waals surface area contributed by atoms with Crippen LogP contribution in [0.25, 0.3) is 67.9 Å². The zero-order valence-corrected chi connectivity index (χ0v) is 24.5. The number of aromatic nitrogens is 3. The van der Waals surface area contributed by atoms with Crippen molar-refractivity contribution in [1.82, 2.24) is 15.0 Å². The van der Waals surface area contributed by atoms with Crippen molar-refractivity contribution in [2.75, 3.05) is 0 Å². The van der Waals surface area contributed by atoms with Crippen molar-refractivity contribution >= 4 is 0 Å². The Kier molecular flexibility index (Phi) is 6.09. The van der Waals surface area contributed by atoms with Gasteiger partial charge in [-0.1, -0.05) is 153 Å². The lowest BCUT2D eigenvalue weighted by atomic mass is 9.81. The van der Waals surface area contributed by atoms with Crippen LogP contribution in [0.15, 0.2) is 144 Å². The summed E-state index contributed by atoms with van der Waals surface area (Å²) >= 11 is 0. The lowest BCUT2D eigenvalue weighted by Gasteiger charge is -2.22. The fraction of sp³-hybridized carbons (Fsp3) is 0.0750. The van der Waals surface area contributed by atoms with Gasteiger partial charge < -0.3 is 4.42 Å². The third-order valence-electron chi connectivity index (χ3n) is 8.53. The monoisotopic (exact) mass is 567 g/mol. The third-order valence-corrected chi connectivity index (χ3v) is 8.53. The van der Waals surface area contributed by atoms with Crippen LogP contribution in [0, 0.1) is 0 Å². The summed E-state index contributed by atoms with van der Waals surface area (Å²) in [5.41, 5.74) is 9.27. The van der Waals surface area contributed by atoms with E-state index in [1.165, 1.54) is 11.1 Å². The average Bonchev–Trinajstić information content (AvgIpc) is 3.61. The number of nitrogens with zero attached hydrogens (tertiary/aromatic N) is 3. The first-order valence-corrected chi connectivity index (χ1v) is 14.9. The number of furan rings is 1. The highest BCUT2D eigenvalue weighted by molar-refractivity contribution is 6.00. The predicted octanol–water partition coefficient (Wildman–Crippen LogP) is 10.1. The van der Waals surface area contributed by atoms with Gasteiger partial charge in [-0.3, -0.25) is 0 Å². The van der Waals surface area contributed by atoms with Crippen molar-refractivity contribution < 1.29 is 4.42 Å².